The molecule has 1 heterocycles. The molecule has 0 unspecified atom stereocenters. The van der Waals surface area contributed by atoms with Gasteiger partial charge in [0, 0.05) is 24.9 Å². The topological polar surface area (TPSA) is 122 Å². The number of amides is 2. The van der Waals surface area contributed by atoms with Gasteiger partial charge in [0.15, 0.2) is 0 Å². The zero-order valence-corrected chi connectivity index (χ0v) is 17.7. The zero-order valence-electron chi connectivity index (χ0n) is 17.7. The molecule has 1 saturated carbocycles. The summed E-state index contributed by atoms with van der Waals surface area (Å²) in [5.74, 6) is -0.790. The monoisotopic (exact) mass is 408 g/mol. The standard InChI is InChI=1S/C20H32N4O5/c1-19(2,3)29-18(27)22-12-20(8-6-5-7-9-20)17(26)24-15(16(25)28-4)10-14-11-21-13-23-14/h11,13,15H,5-10,12H2,1-4H3,(H,21,23)(H,22,27)(H,24,26)/t15-/m0/s1. The largest absolute Gasteiger partial charge is 0.467 e. The minimum absolute atomic E-state index is 0.158. The minimum Gasteiger partial charge on any atom is -0.467 e. The summed E-state index contributed by atoms with van der Waals surface area (Å²) in [4.78, 5) is 44.4. The van der Waals surface area contributed by atoms with Gasteiger partial charge in [-0.15, -0.1) is 0 Å². The van der Waals surface area contributed by atoms with Crippen molar-refractivity contribution in [1.29, 1.82) is 0 Å². The quantitative estimate of drug-likeness (QED) is 0.594. The Labute approximate surface area is 171 Å². The van der Waals surface area contributed by atoms with E-state index in [4.69, 9.17) is 9.47 Å². The molecule has 2 amide bonds. The lowest BCUT2D eigenvalue weighted by atomic mass is 9.73. The van der Waals surface area contributed by atoms with E-state index >= 15 is 0 Å². The normalized spacial score (nSPS) is 17.1. The van der Waals surface area contributed by atoms with Gasteiger partial charge < -0.3 is 25.1 Å². The van der Waals surface area contributed by atoms with Gasteiger partial charge in [-0.05, 0) is 33.6 Å². The summed E-state index contributed by atoms with van der Waals surface area (Å²) in [6.07, 6.45) is 6.86. The van der Waals surface area contributed by atoms with Gasteiger partial charge in [-0.2, -0.15) is 0 Å². The van der Waals surface area contributed by atoms with Gasteiger partial charge in [0.2, 0.25) is 5.91 Å². The fourth-order valence-electron chi connectivity index (χ4n) is 3.53. The van der Waals surface area contributed by atoms with Crippen molar-refractivity contribution >= 4 is 18.0 Å². The molecule has 162 valence electrons. The van der Waals surface area contributed by atoms with Crippen molar-refractivity contribution in [2.75, 3.05) is 13.7 Å². The van der Waals surface area contributed by atoms with Crippen molar-refractivity contribution in [3.63, 3.8) is 0 Å². The molecule has 9 heteroatoms. The summed E-state index contributed by atoms with van der Waals surface area (Å²) >= 11 is 0. The number of hydrogen-bond donors (Lipinski definition) is 3. The summed E-state index contributed by atoms with van der Waals surface area (Å²) in [5, 5.41) is 5.57. The Morgan fingerprint density at radius 3 is 2.48 bits per heavy atom. The van der Waals surface area contributed by atoms with Crippen molar-refractivity contribution in [3.05, 3.63) is 18.2 Å². The summed E-state index contributed by atoms with van der Waals surface area (Å²) in [7, 11) is 1.29. The minimum atomic E-state index is -0.840. The Morgan fingerprint density at radius 2 is 1.93 bits per heavy atom. The SMILES string of the molecule is COC(=O)[C@H](Cc1cnc[nH]1)NC(=O)C1(CNC(=O)OC(C)(C)C)CCCCC1. The van der Waals surface area contributed by atoms with Crippen LogP contribution < -0.4 is 10.6 Å². The first-order chi connectivity index (χ1) is 13.6. The van der Waals surface area contributed by atoms with E-state index in [0.29, 0.717) is 18.5 Å². The van der Waals surface area contributed by atoms with E-state index in [1.165, 1.54) is 13.4 Å². The fourth-order valence-corrected chi connectivity index (χ4v) is 3.53. The highest BCUT2D eigenvalue weighted by Gasteiger charge is 2.41. The maximum Gasteiger partial charge on any atom is 0.407 e. The molecule has 1 aromatic heterocycles. The van der Waals surface area contributed by atoms with E-state index in [1.807, 2.05) is 0 Å². The number of nitrogens with zero attached hydrogens (tertiary/aromatic N) is 1. The van der Waals surface area contributed by atoms with Gasteiger partial charge in [-0.3, -0.25) is 4.79 Å². The Balaban J connectivity index is 2.09. The Kier molecular flexibility index (Phi) is 7.64. The third-order valence-corrected chi connectivity index (χ3v) is 5.03. The number of carbonyl (C=O) groups is 3. The van der Waals surface area contributed by atoms with Crippen molar-refractivity contribution in [2.45, 2.75) is 70.9 Å². The summed E-state index contributed by atoms with van der Waals surface area (Å²) in [5.41, 5.74) is -0.688. The van der Waals surface area contributed by atoms with E-state index in [9.17, 15) is 14.4 Å². The van der Waals surface area contributed by atoms with E-state index in [1.54, 1.807) is 27.0 Å². The molecular formula is C20H32N4O5. The average molecular weight is 408 g/mol. The van der Waals surface area contributed by atoms with Crippen LogP contribution in [0.1, 0.15) is 58.6 Å². The molecule has 0 radical (unpaired) electrons. The predicted octanol–water partition coefficient (Wildman–Crippen LogP) is 2.09. The second-order valence-electron chi connectivity index (χ2n) is 8.53. The Hall–Kier alpha value is -2.58. The molecule has 1 aromatic rings. The van der Waals surface area contributed by atoms with Crippen molar-refractivity contribution in [2.24, 2.45) is 5.41 Å². The van der Waals surface area contributed by atoms with Gasteiger partial charge in [0.1, 0.15) is 11.6 Å². The first-order valence-electron chi connectivity index (χ1n) is 9.98. The molecule has 0 aliphatic heterocycles. The average Bonchev–Trinajstić information content (AvgIpc) is 3.17. The lowest BCUT2D eigenvalue weighted by Crippen LogP contribution is -2.54. The van der Waals surface area contributed by atoms with Gasteiger partial charge in [0.25, 0.3) is 0 Å². The summed E-state index contributed by atoms with van der Waals surface area (Å²) in [6.45, 7) is 5.51. The van der Waals surface area contributed by atoms with Gasteiger partial charge in [0.05, 0.1) is 18.9 Å². The number of esters is 1. The molecule has 0 saturated heterocycles. The summed E-state index contributed by atoms with van der Waals surface area (Å²) in [6, 6.07) is -0.840. The summed E-state index contributed by atoms with van der Waals surface area (Å²) < 4.78 is 10.2. The highest BCUT2D eigenvalue weighted by Crippen LogP contribution is 2.36. The van der Waals surface area contributed by atoms with Crippen LogP contribution in [0.4, 0.5) is 4.79 Å². The molecule has 1 atom stereocenters. The molecule has 0 spiro atoms. The van der Waals surface area contributed by atoms with Gasteiger partial charge >= 0.3 is 12.1 Å². The van der Waals surface area contributed by atoms with E-state index < -0.39 is 29.1 Å². The number of imidazole rings is 1. The number of methoxy groups -OCH3 is 1. The predicted molar refractivity (Wildman–Crippen MR) is 106 cm³/mol. The zero-order chi connectivity index (χ0) is 21.5. The number of carbonyl (C=O) groups excluding carboxylic acids is 3. The van der Waals surface area contributed by atoms with Crippen LogP contribution in [-0.2, 0) is 25.5 Å². The van der Waals surface area contributed by atoms with Crippen molar-refractivity contribution in [1.82, 2.24) is 20.6 Å². The van der Waals surface area contributed by atoms with Crippen LogP contribution in [0, 0.1) is 5.41 Å². The third-order valence-electron chi connectivity index (χ3n) is 5.03. The third kappa shape index (κ3) is 6.76. The fraction of sp³-hybridized carbons (Fsp3) is 0.700. The van der Waals surface area contributed by atoms with Crippen molar-refractivity contribution in [3.8, 4) is 0 Å². The second-order valence-corrected chi connectivity index (χ2v) is 8.53. The Bertz CT molecular complexity index is 690. The van der Waals surface area contributed by atoms with E-state index in [-0.39, 0.29) is 18.9 Å². The molecule has 9 nitrogen and oxygen atoms in total. The smallest absolute Gasteiger partial charge is 0.407 e. The number of aromatic nitrogens is 2. The maximum atomic E-state index is 13.2. The van der Waals surface area contributed by atoms with Gasteiger partial charge in [-0.1, -0.05) is 19.3 Å². The first kappa shape index (κ1) is 22.7. The lowest BCUT2D eigenvalue weighted by molar-refractivity contribution is -0.147. The van der Waals surface area contributed by atoms with Crippen LogP contribution in [0.2, 0.25) is 0 Å². The molecule has 0 aromatic carbocycles. The highest BCUT2D eigenvalue weighted by molar-refractivity contribution is 5.88. The van der Waals surface area contributed by atoms with Crippen LogP contribution in [0.5, 0.6) is 0 Å². The Morgan fingerprint density at radius 1 is 1.24 bits per heavy atom. The number of alkyl carbamates (subject to hydrolysis) is 1. The van der Waals surface area contributed by atoms with Crippen LogP contribution >= 0.6 is 0 Å². The number of nitrogens with one attached hydrogen (secondary N) is 3. The molecule has 2 rings (SSSR count). The molecule has 3 N–H and O–H groups in total. The van der Waals surface area contributed by atoms with Crippen LogP contribution in [0.25, 0.3) is 0 Å². The highest BCUT2D eigenvalue weighted by atomic mass is 16.6. The van der Waals surface area contributed by atoms with Crippen LogP contribution in [0.3, 0.4) is 0 Å². The molecular weight excluding hydrogens is 376 g/mol. The lowest BCUT2D eigenvalue weighted by Gasteiger charge is -2.37. The molecule has 0 bridgehead atoms. The second kappa shape index (κ2) is 9.76. The van der Waals surface area contributed by atoms with Gasteiger partial charge in [-0.25, -0.2) is 14.6 Å². The van der Waals surface area contributed by atoms with Crippen molar-refractivity contribution < 1.29 is 23.9 Å². The molecule has 29 heavy (non-hydrogen) atoms. The maximum absolute atomic E-state index is 13.2. The molecule has 1 aliphatic carbocycles. The van der Waals surface area contributed by atoms with Crippen LogP contribution in [-0.4, -0.2) is 53.2 Å². The number of ether oxygens (including phenoxy) is 2. The molecule has 1 aliphatic rings. The number of rotatable bonds is 7. The number of hydrogen-bond acceptors (Lipinski definition) is 6. The number of aromatic amines is 1. The van der Waals surface area contributed by atoms with E-state index in [2.05, 4.69) is 20.6 Å². The molecule has 1 fully saturated rings. The first-order valence-corrected chi connectivity index (χ1v) is 9.98. The number of H-pyrrole nitrogens is 1. The van der Waals surface area contributed by atoms with Crippen LogP contribution in [0.15, 0.2) is 12.5 Å². The van der Waals surface area contributed by atoms with E-state index in [0.717, 1.165) is 19.3 Å².